The Hall–Kier alpha value is -2.54. The topological polar surface area (TPSA) is 77.4 Å². The normalized spacial score (nSPS) is 25.5. The van der Waals surface area contributed by atoms with Crippen LogP contribution in [0, 0.1) is 6.92 Å². The molecule has 130 valence electrons. The van der Waals surface area contributed by atoms with Crippen molar-refractivity contribution in [1.82, 2.24) is 19.9 Å². The summed E-state index contributed by atoms with van der Waals surface area (Å²) in [4.78, 5) is 27.2. The molecule has 2 aliphatic heterocycles. The minimum absolute atomic E-state index is 0.00558. The number of carbonyl (C=O) groups excluding carboxylic acids is 1. The summed E-state index contributed by atoms with van der Waals surface area (Å²) in [5.74, 6) is 0.565. The fourth-order valence-electron chi connectivity index (χ4n) is 3.49. The van der Waals surface area contributed by atoms with Gasteiger partial charge in [0.15, 0.2) is 0 Å². The lowest BCUT2D eigenvalue weighted by Crippen LogP contribution is -2.44. The van der Waals surface area contributed by atoms with Crippen LogP contribution in [-0.2, 0) is 4.74 Å². The first kappa shape index (κ1) is 16.0. The average molecular weight is 340 g/mol. The van der Waals surface area contributed by atoms with E-state index in [0.717, 1.165) is 18.5 Å². The van der Waals surface area contributed by atoms with Crippen molar-refractivity contribution < 1.29 is 14.3 Å². The Balaban J connectivity index is 1.56. The minimum Gasteiger partial charge on any atom is -0.484 e. The first-order valence-corrected chi connectivity index (χ1v) is 8.50. The predicted octanol–water partition coefficient (Wildman–Crippen LogP) is 1.63. The number of pyridine rings is 1. The van der Waals surface area contributed by atoms with Gasteiger partial charge in [0.05, 0.1) is 30.7 Å². The molecule has 2 saturated heterocycles. The van der Waals surface area contributed by atoms with Crippen LogP contribution in [0.2, 0.25) is 0 Å². The highest BCUT2D eigenvalue weighted by atomic mass is 16.5. The SMILES string of the molecule is Cc1cnc(C(=O)N2C[C@@H](Oc3cccnc3)[C@H]3OCCC[C@H]32)cn1. The molecule has 3 atom stereocenters. The second-order valence-corrected chi connectivity index (χ2v) is 6.39. The van der Waals surface area contributed by atoms with Gasteiger partial charge in [-0.2, -0.15) is 0 Å². The van der Waals surface area contributed by atoms with Gasteiger partial charge < -0.3 is 14.4 Å². The van der Waals surface area contributed by atoms with Gasteiger partial charge in [-0.1, -0.05) is 0 Å². The van der Waals surface area contributed by atoms with E-state index >= 15 is 0 Å². The quantitative estimate of drug-likeness (QED) is 0.845. The molecule has 7 nitrogen and oxygen atoms in total. The number of aromatic nitrogens is 3. The van der Waals surface area contributed by atoms with Gasteiger partial charge in [-0.05, 0) is 31.9 Å². The molecule has 0 saturated carbocycles. The largest absolute Gasteiger partial charge is 0.484 e. The molecule has 0 N–H and O–H groups in total. The second kappa shape index (κ2) is 6.76. The first-order chi connectivity index (χ1) is 12.2. The molecule has 0 radical (unpaired) electrons. The number of hydrogen-bond donors (Lipinski definition) is 0. The van der Waals surface area contributed by atoms with E-state index in [-0.39, 0.29) is 24.2 Å². The van der Waals surface area contributed by atoms with Crippen LogP contribution in [-0.4, -0.2) is 57.2 Å². The van der Waals surface area contributed by atoms with Gasteiger partial charge in [0.1, 0.15) is 23.7 Å². The van der Waals surface area contributed by atoms with Gasteiger partial charge in [-0.3, -0.25) is 14.8 Å². The number of aryl methyl sites for hydroxylation is 1. The Bertz CT molecular complexity index is 738. The van der Waals surface area contributed by atoms with Gasteiger partial charge in [-0.15, -0.1) is 0 Å². The molecule has 2 aliphatic rings. The maximum atomic E-state index is 12.9. The van der Waals surface area contributed by atoms with Gasteiger partial charge in [0, 0.05) is 19.0 Å². The lowest BCUT2D eigenvalue weighted by molar-refractivity contribution is -0.0447. The van der Waals surface area contributed by atoms with Crippen molar-refractivity contribution >= 4 is 5.91 Å². The van der Waals surface area contributed by atoms with Crippen LogP contribution < -0.4 is 4.74 Å². The first-order valence-electron chi connectivity index (χ1n) is 8.50. The molecule has 2 aromatic rings. The summed E-state index contributed by atoms with van der Waals surface area (Å²) in [5, 5.41) is 0. The van der Waals surface area contributed by atoms with E-state index in [4.69, 9.17) is 9.47 Å². The van der Waals surface area contributed by atoms with Crippen LogP contribution >= 0.6 is 0 Å². The zero-order valence-electron chi connectivity index (χ0n) is 14.0. The monoisotopic (exact) mass is 340 g/mol. The third-order valence-corrected chi connectivity index (χ3v) is 4.66. The zero-order valence-corrected chi connectivity index (χ0v) is 14.0. The van der Waals surface area contributed by atoms with E-state index < -0.39 is 0 Å². The number of ether oxygens (including phenoxy) is 2. The summed E-state index contributed by atoms with van der Waals surface area (Å²) in [6, 6.07) is 3.70. The lowest BCUT2D eigenvalue weighted by atomic mass is 10.0. The third-order valence-electron chi connectivity index (χ3n) is 4.66. The number of carbonyl (C=O) groups is 1. The molecule has 0 aromatic carbocycles. The van der Waals surface area contributed by atoms with E-state index in [9.17, 15) is 4.79 Å². The molecule has 0 aliphatic carbocycles. The molecule has 0 unspecified atom stereocenters. The van der Waals surface area contributed by atoms with E-state index in [1.807, 2.05) is 24.0 Å². The number of fused-ring (bicyclic) bond motifs is 1. The van der Waals surface area contributed by atoms with E-state index in [0.29, 0.717) is 24.6 Å². The van der Waals surface area contributed by atoms with E-state index in [1.165, 1.54) is 6.20 Å². The van der Waals surface area contributed by atoms with Crippen molar-refractivity contribution in [3.8, 4) is 5.75 Å². The summed E-state index contributed by atoms with van der Waals surface area (Å²) in [6.07, 6.45) is 8.02. The molecule has 0 spiro atoms. The summed E-state index contributed by atoms with van der Waals surface area (Å²) in [7, 11) is 0. The van der Waals surface area contributed by atoms with Gasteiger partial charge in [0.2, 0.25) is 0 Å². The Labute approximate surface area is 146 Å². The summed E-state index contributed by atoms with van der Waals surface area (Å²) in [5.41, 5.74) is 1.14. The molecular formula is C18H20N4O3. The molecule has 2 fully saturated rings. The van der Waals surface area contributed by atoms with Crippen molar-refractivity contribution in [2.24, 2.45) is 0 Å². The molecule has 1 amide bonds. The van der Waals surface area contributed by atoms with Crippen molar-refractivity contribution in [2.45, 2.75) is 38.0 Å². The second-order valence-electron chi connectivity index (χ2n) is 6.39. The number of amides is 1. The number of rotatable bonds is 3. The van der Waals surface area contributed by atoms with Crippen molar-refractivity contribution in [2.75, 3.05) is 13.2 Å². The minimum atomic E-state index is -0.211. The summed E-state index contributed by atoms with van der Waals surface area (Å²) >= 11 is 0. The lowest BCUT2D eigenvalue weighted by Gasteiger charge is -2.31. The maximum Gasteiger partial charge on any atom is 0.274 e. The van der Waals surface area contributed by atoms with Crippen molar-refractivity contribution in [3.05, 3.63) is 48.3 Å². The number of likely N-dealkylation sites (tertiary alicyclic amines) is 1. The van der Waals surface area contributed by atoms with Gasteiger partial charge in [0.25, 0.3) is 5.91 Å². The maximum absolute atomic E-state index is 12.9. The molecule has 4 heterocycles. The fourth-order valence-corrected chi connectivity index (χ4v) is 3.49. The Morgan fingerprint density at radius 2 is 2.24 bits per heavy atom. The highest BCUT2D eigenvalue weighted by Gasteiger charge is 2.47. The van der Waals surface area contributed by atoms with Gasteiger partial charge in [-0.25, -0.2) is 4.98 Å². The highest BCUT2D eigenvalue weighted by Crippen LogP contribution is 2.32. The van der Waals surface area contributed by atoms with Crippen LogP contribution in [0.3, 0.4) is 0 Å². The standard InChI is InChI=1S/C18H20N4O3/c1-12-8-21-14(10-20-12)18(23)22-11-16(17-15(22)5-3-7-24-17)25-13-4-2-6-19-9-13/h2,4,6,8-10,15-17H,3,5,7,11H2,1H3/t15-,16-,17+/m1/s1. The highest BCUT2D eigenvalue weighted by molar-refractivity contribution is 5.92. The van der Waals surface area contributed by atoms with E-state index in [1.54, 1.807) is 18.6 Å². The van der Waals surface area contributed by atoms with Gasteiger partial charge >= 0.3 is 0 Å². The molecule has 7 heteroatoms. The predicted molar refractivity (Wildman–Crippen MR) is 89.2 cm³/mol. The number of nitrogens with zero attached hydrogens (tertiary/aromatic N) is 4. The van der Waals surface area contributed by atoms with Crippen LogP contribution in [0.1, 0.15) is 29.0 Å². The Morgan fingerprint density at radius 1 is 1.32 bits per heavy atom. The third kappa shape index (κ3) is 3.19. The summed E-state index contributed by atoms with van der Waals surface area (Å²) in [6.45, 7) is 3.01. The van der Waals surface area contributed by atoms with E-state index in [2.05, 4.69) is 15.0 Å². The Morgan fingerprint density at radius 3 is 3.00 bits per heavy atom. The van der Waals surface area contributed by atoms with Crippen molar-refractivity contribution in [1.29, 1.82) is 0 Å². The molecule has 0 bridgehead atoms. The smallest absolute Gasteiger partial charge is 0.274 e. The van der Waals surface area contributed by atoms with Crippen LogP contribution in [0.25, 0.3) is 0 Å². The fraction of sp³-hybridized carbons (Fsp3) is 0.444. The number of hydrogen-bond acceptors (Lipinski definition) is 6. The molecule has 2 aromatic heterocycles. The zero-order chi connectivity index (χ0) is 17.2. The average Bonchev–Trinajstić information content (AvgIpc) is 3.01. The van der Waals surface area contributed by atoms with Crippen LogP contribution in [0.15, 0.2) is 36.9 Å². The molecular weight excluding hydrogens is 320 g/mol. The summed E-state index contributed by atoms with van der Waals surface area (Å²) < 4.78 is 12.0. The molecule has 25 heavy (non-hydrogen) atoms. The molecule has 4 rings (SSSR count). The van der Waals surface area contributed by atoms with Crippen LogP contribution in [0.4, 0.5) is 0 Å². The van der Waals surface area contributed by atoms with Crippen molar-refractivity contribution in [3.63, 3.8) is 0 Å². The van der Waals surface area contributed by atoms with Crippen LogP contribution in [0.5, 0.6) is 5.75 Å². The Kier molecular flexibility index (Phi) is 4.31.